The molecule has 4 nitrogen and oxygen atoms in total. The van der Waals surface area contributed by atoms with Gasteiger partial charge in [-0.2, -0.15) is 0 Å². The SMILES string of the molecule is c1c[nH]c(-c2ccc3onnc3c2)c1. The smallest absolute Gasteiger partial charge is 0.187 e. The molecule has 0 atom stereocenters. The van der Waals surface area contributed by atoms with E-state index in [-0.39, 0.29) is 0 Å². The minimum Gasteiger partial charge on any atom is -0.361 e. The zero-order chi connectivity index (χ0) is 9.38. The molecule has 0 radical (unpaired) electrons. The highest BCUT2D eigenvalue weighted by molar-refractivity contribution is 5.78. The highest BCUT2D eigenvalue weighted by Crippen LogP contribution is 2.21. The molecule has 0 saturated heterocycles. The van der Waals surface area contributed by atoms with Crippen molar-refractivity contribution in [2.45, 2.75) is 0 Å². The molecule has 1 aromatic carbocycles. The van der Waals surface area contributed by atoms with Gasteiger partial charge in [-0.3, -0.25) is 0 Å². The molecule has 0 saturated carbocycles. The largest absolute Gasteiger partial charge is 0.361 e. The molecular weight excluding hydrogens is 178 g/mol. The summed E-state index contributed by atoms with van der Waals surface area (Å²) in [6.45, 7) is 0. The molecule has 3 aromatic rings. The first-order chi connectivity index (χ1) is 6.93. The molecule has 0 unspecified atom stereocenters. The van der Waals surface area contributed by atoms with Gasteiger partial charge in [-0.15, -0.1) is 5.10 Å². The van der Waals surface area contributed by atoms with Crippen molar-refractivity contribution in [3.05, 3.63) is 36.5 Å². The molecule has 0 aliphatic heterocycles. The van der Waals surface area contributed by atoms with Gasteiger partial charge in [-0.05, 0) is 30.3 Å². The maximum atomic E-state index is 4.92. The van der Waals surface area contributed by atoms with Gasteiger partial charge in [0, 0.05) is 22.7 Å². The normalized spacial score (nSPS) is 10.9. The van der Waals surface area contributed by atoms with Crippen molar-refractivity contribution < 1.29 is 4.52 Å². The van der Waals surface area contributed by atoms with Gasteiger partial charge in [0.1, 0.15) is 5.52 Å². The first-order valence-electron chi connectivity index (χ1n) is 4.29. The number of nitrogens with zero attached hydrogens (tertiary/aromatic N) is 2. The van der Waals surface area contributed by atoms with Crippen molar-refractivity contribution in [2.75, 3.05) is 0 Å². The van der Waals surface area contributed by atoms with Crippen molar-refractivity contribution in [3.63, 3.8) is 0 Å². The summed E-state index contributed by atoms with van der Waals surface area (Å²) >= 11 is 0. The van der Waals surface area contributed by atoms with E-state index < -0.39 is 0 Å². The van der Waals surface area contributed by atoms with E-state index in [1.165, 1.54) is 0 Å². The van der Waals surface area contributed by atoms with Crippen LogP contribution in [0.25, 0.3) is 22.4 Å². The minimum atomic E-state index is 0.709. The maximum absolute atomic E-state index is 4.92. The summed E-state index contributed by atoms with van der Waals surface area (Å²) in [5.74, 6) is 0. The van der Waals surface area contributed by atoms with Crippen LogP contribution in [0.4, 0.5) is 0 Å². The Morgan fingerprint density at radius 1 is 1.21 bits per heavy atom. The first-order valence-corrected chi connectivity index (χ1v) is 4.29. The molecule has 0 aliphatic carbocycles. The van der Waals surface area contributed by atoms with Crippen LogP contribution >= 0.6 is 0 Å². The second kappa shape index (κ2) is 2.70. The van der Waals surface area contributed by atoms with E-state index in [4.69, 9.17) is 4.52 Å². The third kappa shape index (κ3) is 1.01. The van der Waals surface area contributed by atoms with Gasteiger partial charge in [0.05, 0.1) is 0 Å². The van der Waals surface area contributed by atoms with Crippen molar-refractivity contribution in [3.8, 4) is 11.3 Å². The Kier molecular flexibility index (Phi) is 1.41. The highest BCUT2D eigenvalue weighted by atomic mass is 16.5. The van der Waals surface area contributed by atoms with Crippen LogP contribution in [0.2, 0.25) is 0 Å². The molecule has 0 aliphatic rings. The van der Waals surface area contributed by atoms with E-state index in [2.05, 4.69) is 15.4 Å². The highest BCUT2D eigenvalue weighted by Gasteiger charge is 2.03. The van der Waals surface area contributed by atoms with Gasteiger partial charge in [0.25, 0.3) is 0 Å². The Morgan fingerprint density at radius 3 is 3.07 bits per heavy atom. The third-order valence-electron chi connectivity index (χ3n) is 2.16. The number of H-pyrrole nitrogens is 1. The zero-order valence-corrected chi connectivity index (χ0v) is 7.27. The van der Waals surface area contributed by atoms with Gasteiger partial charge < -0.3 is 9.51 Å². The molecule has 14 heavy (non-hydrogen) atoms. The molecule has 0 fully saturated rings. The molecule has 3 rings (SSSR count). The lowest BCUT2D eigenvalue weighted by Gasteiger charge is -1.95. The molecular formula is C10H7N3O. The lowest BCUT2D eigenvalue weighted by molar-refractivity contribution is 0.424. The van der Waals surface area contributed by atoms with Gasteiger partial charge >= 0.3 is 0 Å². The monoisotopic (exact) mass is 185 g/mol. The van der Waals surface area contributed by atoms with Gasteiger partial charge in [-0.1, -0.05) is 0 Å². The second-order valence-corrected chi connectivity index (χ2v) is 3.04. The fraction of sp³-hybridized carbons (Fsp3) is 0. The van der Waals surface area contributed by atoms with E-state index in [1.807, 2.05) is 36.5 Å². The van der Waals surface area contributed by atoms with Crippen LogP contribution < -0.4 is 0 Å². The van der Waals surface area contributed by atoms with Crippen LogP contribution in [0.3, 0.4) is 0 Å². The lowest BCUT2D eigenvalue weighted by atomic mass is 10.1. The number of aromatic amines is 1. The first kappa shape index (κ1) is 7.32. The molecule has 4 heteroatoms. The molecule has 2 aromatic heterocycles. The third-order valence-corrected chi connectivity index (χ3v) is 2.16. The van der Waals surface area contributed by atoms with Gasteiger partial charge in [0.15, 0.2) is 5.58 Å². The Hall–Kier alpha value is -2.10. The van der Waals surface area contributed by atoms with Gasteiger partial charge in [0.2, 0.25) is 0 Å². The number of nitrogens with one attached hydrogen (secondary N) is 1. The fourth-order valence-electron chi connectivity index (χ4n) is 1.46. The van der Waals surface area contributed by atoms with E-state index in [1.54, 1.807) is 0 Å². The summed E-state index contributed by atoms with van der Waals surface area (Å²) in [6, 6.07) is 9.75. The molecule has 68 valence electrons. The molecule has 1 N–H and O–H groups in total. The van der Waals surface area contributed by atoms with Crippen molar-refractivity contribution in [2.24, 2.45) is 0 Å². The number of rotatable bonds is 1. The van der Waals surface area contributed by atoms with Crippen molar-refractivity contribution in [1.29, 1.82) is 0 Å². The lowest BCUT2D eigenvalue weighted by Crippen LogP contribution is -1.76. The fourth-order valence-corrected chi connectivity index (χ4v) is 1.46. The summed E-state index contributed by atoms with van der Waals surface area (Å²) in [4.78, 5) is 3.13. The minimum absolute atomic E-state index is 0.709. The number of aromatic nitrogens is 3. The predicted molar refractivity (Wildman–Crippen MR) is 51.6 cm³/mol. The Morgan fingerprint density at radius 2 is 2.21 bits per heavy atom. The Bertz CT molecular complexity index is 554. The average molecular weight is 185 g/mol. The van der Waals surface area contributed by atoms with Crippen LogP contribution in [-0.2, 0) is 0 Å². The van der Waals surface area contributed by atoms with Crippen LogP contribution in [0, 0.1) is 0 Å². The number of fused-ring (bicyclic) bond motifs is 1. The number of hydrogen-bond donors (Lipinski definition) is 1. The number of benzene rings is 1. The predicted octanol–water partition coefficient (Wildman–Crippen LogP) is 2.22. The van der Waals surface area contributed by atoms with Crippen LogP contribution in [0.5, 0.6) is 0 Å². The molecule has 0 amide bonds. The number of hydrogen-bond acceptors (Lipinski definition) is 3. The summed E-state index contributed by atoms with van der Waals surface area (Å²) in [5, 5.41) is 7.35. The molecule has 0 bridgehead atoms. The Balaban J connectivity index is 2.23. The van der Waals surface area contributed by atoms with Crippen LogP contribution in [0.15, 0.2) is 41.1 Å². The van der Waals surface area contributed by atoms with E-state index in [0.29, 0.717) is 5.58 Å². The average Bonchev–Trinajstić information content (AvgIpc) is 2.88. The zero-order valence-electron chi connectivity index (χ0n) is 7.27. The quantitative estimate of drug-likeness (QED) is 0.632. The van der Waals surface area contributed by atoms with Crippen molar-refractivity contribution in [1.82, 2.24) is 15.4 Å². The second-order valence-electron chi connectivity index (χ2n) is 3.04. The summed E-state index contributed by atoms with van der Waals surface area (Å²) < 4.78 is 4.92. The Labute approximate surface area is 79.5 Å². The van der Waals surface area contributed by atoms with E-state index in [0.717, 1.165) is 16.8 Å². The summed E-state index contributed by atoms with van der Waals surface area (Å²) in [6.07, 6.45) is 1.89. The molecule has 0 spiro atoms. The summed E-state index contributed by atoms with van der Waals surface area (Å²) in [5.41, 5.74) is 3.63. The maximum Gasteiger partial charge on any atom is 0.187 e. The summed E-state index contributed by atoms with van der Waals surface area (Å²) in [7, 11) is 0. The van der Waals surface area contributed by atoms with Crippen molar-refractivity contribution >= 4 is 11.1 Å². The van der Waals surface area contributed by atoms with E-state index >= 15 is 0 Å². The van der Waals surface area contributed by atoms with Crippen LogP contribution in [-0.4, -0.2) is 15.4 Å². The molecule has 2 heterocycles. The van der Waals surface area contributed by atoms with E-state index in [9.17, 15) is 0 Å². The standard InChI is InChI=1S/C10H7N3O/c1-2-8(11-5-1)7-3-4-10-9(6-7)12-13-14-10/h1-6,11H. The topological polar surface area (TPSA) is 54.7 Å². The van der Waals surface area contributed by atoms with Crippen LogP contribution in [0.1, 0.15) is 0 Å². The van der Waals surface area contributed by atoms with Gasteiger partial charge in [-0.25, -0.2) is 0 Å².